The molecular weight excluding hydrogens is 434 g/mol. The fraction of sp³-hybridized carbons (Fsp3) is 0.409. The van der Waals surface area contributed by atoms with E-state index in [-0.39, 0.29) is 24.5 Å². The SMILES string of the molecule is COCCN1C(=O)/C(=C/c2cn(CC(=O)NC[C@@H]3CCCO3)c3ccccc23)SC1=S. The maximum absolute atomic E-state index is 12.8. The molecule has 0 bridgehead atoms. The number of carbonyl (C=O) groups excluding carboxylic acids is 2. The Hall–Kier alpha value is -2.20. The van der Waals surface area contributed by atoms with Crippen molar-refractivity contribution in [1.82, 2.24) is 14.8 Å². The number of nitrogens with one attached hydrogen (secondary N) is 1. The lowest BCUT2D eigenvalue weighted by Crippen LogP contribution is -2.34. The molecule has 0 saturated carbocycles. The molecule has 2 saturated heterocycles. The van der Waals surface area contributed by atoms with Crippen LogP contribution in [-0.2, 0) is 25.6 Å². The molecule has 31 heavy (non-hydrogen) atoms. The molecule has 3 heterocycles. The van der Waals surface area contributed by atoms with Gasteiger partial charge < -0.3 is 19.4 Å². The van der Waals surface area contributed by atoms with Crippen molar-refractivity contribution >= 4 is 57.1 Å². The van der Waals surface area contributed by atoms with Gasteiger partial charge in [0.2, 0.25) is 5.91 Å². The number of benzene rings is 1. The monoisotopic (exact) mass is 459 g/mol. The largest absolute Gasteiger partial charge is 0.383 e. The van der Waals surface area contributed by atoms with Gasteiger partial charge in [-0.1, -0.05) is 42.2 Å². The van der Waals surface area contributed by atoms with E-state index in [1.165, 1.54) is 11.8 Å². The van der Waals surface area contributed by atoms with Crippen LogP contribution in [0.4, 0.5) is 0 Å². The number of nitrogens with zero attached hydrogens (tertiary/aromatic N) is 2. The van der Waals surface area contributed by atoms with E-state index >= 15 is 0 Å². The highest BCUT2D eigenvalue weighted by molar-refractivity contribution is 8.26. The molecule has 0 aliphatic carbocycles. The van der Waals surface area contributed by atoms with E-state index in [1.807, 2.05) is 41.1 Å². The summed E-state index contributed by atoms with van der Waals surface area (Å²) in [5.74, 6) is -0.174. The van der Waals surface area contributed by atoms with Gasteiger partial charge in [-0.2, -0.15) is 0 Å². The van der Waals surface area contributed by atoms with Crippen LogP contribution in [0, 0.1) is 0 Å². The van der Waals surface area contributed by atoms with Crippen molar-refractivity contribution in [2.45, 2.75) is 25.5 Å². The number of thiocarbonyl (C=S) groups is 1. The third-order valence-electron chi connectivity index (χ3n) is 5.36. The molecule has 164 valence electrons. The zero-order chi connectivity index (χ0) is 21.8. The molecule has 0 radical (unpaired) electrons. The lowest BCUT2D eigenvalue weighted by atomic mass is 10.1. The van der Waals surface area contributed by atoms with Gasteiger partial charge in [0.25, 0.3) is 5.91 Å². The Morgan fingerprint density at radius 2 is 2.26 bits per heavy atom. The van der Waals surface area contributed by atoms with Crippen molar-refractivity contribution in [3.05, 3.63) is 40.9 Å². The van der Waals surface area contributed by atoms with E-state index in [1.54, 1.807) is 12.0 Å². The zero-order valence-corrected chi connectivity index (χ0v) is 19.0. The van der Waals surface area contributed by atoms with E-state index in [2.05, 4.69) is 5.32 Å². The lowest BCUT2D eigenvalue weighted by Gasteiger charge is -2.12. The summed E-state index contributed by atoms with van der Waals surface area (Å²) in [6.45, 7) is 2.37. The first-order chi connectivity index (χ1) is 15.1. The maximum Gasteiger partial charge on any atom is 0.266 e. The third kappa shape index (κ3) is 5.01. The molecule has 1 aromatic carbocycles. The van der Waals surface area contributed by atoms with E-state index in [4.69, 9.17) is 21.7 Å². The number of aromatic nitrogens is 1. The summed E-state index contributed by atoms with van der Waals surface area (Å²) in [7, 11) is 1.60. The number of para-hydroxylation sites is 1. The Morgan fingerprint density at radius 3 is 3.03 bits per heavy atom. The predicted octanol–water partition coefficient (Wildman–Crippen LogP) is 2.78. The van der Waals surface area contributed by atoms with E-state index in [0.717, 1.165) is 35.9 Å². The highest BCUT2D eigenvalue weighted by Crippen LogP contribution is 2.34. The number of rotatable bonds is 8. The molecule has 1 atom stereocenters. The number of methoxy groups -OCH3 is 1. The Kier molecular flexibility index (Phi) is 7.06. The summed E-state index contributed by atoms with van der Waals surface area (Å²) >= 11 is 6.65. The van der Waals surface area contributed by atoms with Crippen LogP contribution in [0.2, 0.25) is 0 Å². The van der Waals surface area contributed by atoms with Gasteiger partial charge in [0.05, 0.1) is 24.2 Å². The summed E-state index contributed by atoms with van der Waals surface area (Å²) in [5.41, 5.74) is 1.82. The molecule has 0 unspecified atom stereocenters. The van der Waals surface area contributed by atoms with E-state index < -0.39 is 0 Å². The molecular formula is C22H25N3O4S2. The number of carbonyl (C=O) groups is 2. The second-order valence-electron chi connectivity index (χ2n) is 7.49. The van der Waals surface area contributed by atoms with Crippen LogP contribution in [-0.4, -0.2) is 65.1 Å². The molecule has 0 spiro atoms. The summed E-state index contributed by atoms with van der Waals surface area (Å²) in [6, 6.07) is 7.86. The lowest BCUT2D eigenvalue weighted by molar-refractivity contribution is -0.123. The highest BCUT2D eigenvalue weighted by Gasteiger charge is 2.31. The van der Waals surface area contributed by atoms with Crippen molar-refractivity contribution in [2.24, 2.45) is 0 Å². The minimum atomic E-state index is -0.113. The number of hydrogen-bond acceptors (Lipinski definition) is 6. The first kappa shape index (κ1) is 22.0. The van der Waals surface area contributed by atoms with E-state index in [9.17, 15) is 9.59 Å². The van der Waals surface area contributed by atoms with Crippen molar-refractivity contribution in [3.63, 3.8) is 0 Å². The maximum atomic E-state index is 12.8. The summed E-state index contributed by atoms with van der Waals surface area (Å²) in [4.78, 5) is 27.4. The second-order valence-corrected chi connectivity index (χ2v) is 9.17. The molecule has 2 amide bonds. The minimum absolute atomic E-state index is 0.0614. The van der Waals surface area contributed by atoms with Gasteiger partial charge in [-0.05, 0) is 25.0 Å². The molecule has 1 N–H and O–H groups in total. The van der Waals surface area contributed by atoms with Gasteiger partial charge in [0.15, 0.2) is 0 Å². The van der Waals surface area contributed by atoms with E-state index in [0.29, 0.717) is 28.9 Å². The van der Waals surface area contributed by atoms with Crippen molar-refractivity contribution in [3.8, 4) is 0 Å². The van der Waals surface area contributed by atoms with Crippen molar-refractivity contribution in [1.29, 1.82) is 0 Å². The first-order valence-corrected chi connectivity index (χ1v) is 11.5. The number of fused-ring (bicyclic) bond motifs is 1. The molecule has 2 fully saturated rings. The van der Waals surface area contributed by atoms with Crippen molar-refractivity contribution < 1.29 is 19.1 Å². The first-order valence-electron chi connectivity index (χ1n) is 10.3. The summed E-state index contributed by atoms with van der Waals surface area (Å²) < 4.78 is 13.1. The summed E-state index contributed by atoms with van der Waals surface area (Å²) in [6.07, 6.45) is 5.91. The van der Waals surface area contributed by atoms with Crippen LogP contribution in [0.5, 0.6) is 0 Å². The molecule has 2 aliphatic rings. The van der Waals surface area contributed by atoms with Crippen LogP contribution in [0.1, 0.15) is 18.4 Å². The smallest absolute Gasteiger partial charge is 0.266 e. The molecule has 4 rings (SSSR count). The Bertz CT molecular complexity index is 1030. The van der Waals surface area contributed by atoms with Gasteiger partial charge in [0.1, 0.15) is 10.9 Å². The van der Waals surface area contributed by atoms with Gasteiger partial charge in [-0.15, -0.1) is 0 Å². The fourth-order valence-electron chi connectivity index (χ4n) is 3.78. The number of amides is 2. The Labute approximate surface area is 190 Å². The molecule has 7 nitrogen and oxygen atoms in total. The molecule has 9 heteroatoms. The Balaban J connectivity index is 1.52. The van der Waals surface area contributed by atoms with Crippen LogP contribution >= 0.6 is 24.0 Å². The average Bonchev–Trinajstić information content (AvgIpc) is 3.46. The van der Waals surface area contributed by atoms with Gasteiger partial charge in [0, 0.05) is 42.9 Å². The third-order valence-corrected chi connectivity index (χ3v) is 6.74. The molecule has 2 aromatic rings. The highest BCUT2D eigenvalue weighted by atomic mass is 32.2. The van der Waals surface area contributed by atoms with Crippen LogP contribution in [0.3, 0.4) is 0 Å². The van der Waals surface area contributed by atoms with Crippen LogP contribution in [0.15, 0.2) is 35.4 Å². The van der Waals surface area contributed by atoms with Crippen LogP contribution in [0.25, 0.3) is 17.0 Å². The second kappa shape index (κ2) is 9.95. The number of ether oxygens (including phenoxy) is 2. The van der Waals surface area contributed by atoms with Gasteiger partial charge >= 0.3 is 0 Å². The Morgan fingerprint density at radius 1 is 1.42 bits per heavy atom. The average molecular weight is 460 g/mol. The topological polar surface area (TPSA) is 72.8 Å². The standard InChI is InChI=1S/C22H25N3O4S2/c1-28-10-8-25-21(27)19(31-22(25)30)11-15-13-24(18-7-3-2-6-17(15)18)14-20(26)23-12-16-5-4-9-29-16/h2-3,6-7,11,13,16H,4-5,8-10,12,14H2,1H3,(H,23,26)/b19-11-/t16-/m0/s1. The number of hydrogen-bond donors (Lipinski definition) is 1. The minimum Gasteiger partial charge on any atom is -0.383 e. The van der Waals surface area contributed by atoms with Gasteiger partial charge in [-0.3, -0.25) is 14.5 Å². The van der Waals surface area contributed by atoms with Crippen LogP contribution < -0.4 is 5.32 Å². The zero-order valence-electron chi connectivity index (χ0n) is 17.3. The normalized spacial score (nSPS) is 20.4. The quantitative estimate of drug-likeness (QED) is 0.484. The summed E-state index contributed by atoms with van der Waals surface area (Å²) in [5, 5.41) is 3.95. The van der Waals surface area contributed by atoms with Gasteiger partial charge in [-0.25, -0.2) is 0 Å². The predicted molar refractivity (Wildman–Crippen MR) is 126 cm³/mol. The number of thioether (sulfide) groups is 1. The molecule has 1 aromatic heterocycles. The molecule has 2 aliphatic heterocycles. The van der Waals surface area contributed by atoms with Crippen molar-refractivity contribution in [2.75, 3.05) is 33.4 Å². The fourth-order valence-corrected chi connectivity index (χ4v) is 5.08.